The largest absolute Gasteiger partial charge is 0.299 e. The summed E-state index contributed by atoms with van der Waals surface area (Å²) < 4.78 is 12.8. The summed E-state index contributed by atoms with van der Waals surface area (Å²) in [7, 11) is 0. The summed E-state index contributed by atoms with van der Waals surface area (Å²) in [5.74, 6) is -0.259. The lowest BCUT2D eigenvalue weighted by atomic mass is 9.94. The van der Waals surface area contributed by atoms with Crippen LogP contribution in [0.1, 0.15) is 25.3 Å². The number of halogens is 1. The molecule has 1 aromatic rings. The highest BCUT2D eigenvalue weighted by molar-refractivity contribution is 5.90. The zero-order valence-corrected chi connectivity index (χ0v) is 7.38. The van der Waals surface area contributed by atoms with Gasteiger partial charge in [-0.15, -0.1) is 0 Å². The highest BCUT2D eigenvalue weighted by Crippen LogP contribution is 2.48. The second kappa shape index (κ2) is 2.62. The van der Waals surface area contributed by atoms with Crippen LogP contribution in [0.4, 0.5) is 4.39 Å². The molecule has 68 valence electrons. The van der Waals surface area contributed by atoms with E-state index in [-0.39, 0.29) is 11.6 Å². The van der Waals surface area contributed by atoms with Crippen LogP contribution in [0.3, 0.4) is 0 Å². The summed E-state index contributed by atoms with van der Waals surface area (Å²) in [6, 6.07) is 1.40. The van der Waals surface area contributed by atoms with Gasteiger partial charge < -0.3 is 0 Å². The van der Waals surface area contributed by atoms with E-state index in [1.807, 2.05) is 0 Å². The van der Waals surface area contributed by atoms with Gasteiger partial charge in [0.1, 0.15) is 11.6 Å². The van der Waals surface area contributed by atoms with Gasteiger partial charge >= 0.3 is 0 Å². The maximum absolute atomic E-state index is 12.8. The van der Waals surface area contributed by atoms with Gasteiger partial charge in [-0.2, -0.15) is 0 Å². The predicted molar refractivity (Wildman–Crippen MR) is 45.8 cm³/mol. The van der Waals surface area contributed by atoms with Gasteiger partial charge in [-0.3, -0.25) is 9.78 Å². The number of carbonyl (C=O) groups is 1. The van der Waals surface area contributed by atoms with Crippen molar-refractivity contribution in [2.24, 2.45) is 0 Å². The van der Waals surface area contributed by atoms with Crippen LogP contribution in [0.5, 0.6) is 0 Å². The van der Waals surface area contributed by atoms with Gasteiger partial charge in [-0.25, -0.2) is 4.39 Å². The minimum absolute atomic E-state index is 0.111. The predicted octanol–water partition coefficient (Wildman–Crippen LogP) is 1.84. The molecule has 3 heteroatoms. The maximum Gasteiger partial charge on any atom is 0.141 e. The van der Waals surface area contributed by atoms with E-state index in [0.29, 0.717) is 0 Å². The monoisotopic (exact) mass is 179 g/mol. The van der Waals surface area contributed by atoms with Gasteiger partial charge in [0.25, 0.3) is 0 Å². The molecule has 1 aliphatic carbocycles. The second-order valence-electron chi connectivity index (χ2n) is 3.53. The van der Waals surface area contributed by atoms with Crippen LogP contribution in [-0.2, 0) is 10.2 Å². The molecule has 0 bridgehead atoms. The Labute approximate surface area is 75.8 Å². The lowest BCUT2D eigenvalue weighted by Gasteiger charge is -2.10. The summed E-state index contributed by atoms with van der Waals surface area (Å²) in [6.45, 7) is 1.55. The molecule has 0 unspecified atom stereocenters. The topological polar surface area (TPSA) is 30.0 Å². The molecule has 0 spiro atoms. The number of hydrogen-bond donors (Lipinski definition) is 0. The van der Waals surface area contributed by atoms with Crippen molar-refractivity contribution < 1.29 is 9.18 Å². The highest BCUT2D eigenvalue weighted by atomic mass is 19.1. The van der Waals surface area contributed by atoms with Crippen LogP contribution in [0.2, 0.25) is 0 Å². The molecular weight excluding hydrogens is 169 g/mol. The van der Waals surface area contributed by atoms with Crippen molar-refractivity contribution in [3.8, 4) is 0 Å². The normalized spacial score (nSPS) is 18.3. The summed E-state index contributed by atoms with van der Waals surface area (Å²) in [5, 5.41) is 0. The van der Waals surface area contributed by atoms with Crippen molar-refractivity contribution in [1.29, 1.82) is 0 Å². The summed E-state index contributed by atoms with van der Waals surface area (Å²) in [6.07, 6.45) is 4.39. The number of rotatable bonds is 2. The minimum Gasteiger partial charge on any atom is -0.299 e. The smallest absolute Gasteiger partial charge is 0.141 e. The molecule has 1 saturated carbocycles. The first-order valence-electron chi connectivity index (χ1n) is 4.27. The number of nitrogens with zero attached hydrogens (tertiary/aromatic N) is 1. The van der Waals surface area contributed by atoms with E-state index < -0.39 is 5.41 Å². The average Bonchev–Trinajstić information content (AvgIpc) is 2.83. The summed E-state index contributed by atoms with van der Waals surface area (Å²) >= 11 is 0. The van der Waals surface area contributed by atoms with Gasteiger partial charge in [0.05, 0.1) is 11.6 Å². The van der Waals surface area contributed by atoms with Crippen LogP contribution in [0.25, 0.3) is 0 Å². The number of ketones is 1. The van der Waals surface area contributed by atoms with Crippen molar-refractivity contribution in [3.63, 3.8) is 0 Å². The van der Waals surface area contributed by atoms with Gasteiger partial charge in [-0.05, 0) is 31.4 Å². The number of pyridine rings is 1. The number of aromatic nitrogens is 1. The quantitative estimate of drug-likeness (QED) is 0.693. The Bertz CT molecular complexity index is 358. The molecular formula is C10H10FNO. The fourth-order valence-corrected chi connectivity index (χ4v) is 1.64. The van der Waals surface area contributed by atoms with Crippen molar-refractivity contribution in [2.75, 3.05) is 0 Å². The molecule has 0 radical (unpaired) electrons. The van der Waals surface area contributed by atoms with Crippen LogP contribution < -0.4 is 0 Å². The van der Waals surface area contributed by atoms with Crippen molar-refractivity contribution in [2.45, 2.75) is 25.2 Å². The van der Waals surface area contributed by atoms with E-state index >= 15 is 0 Å². The first-order chi connectivity index (χ1) is 6.15. The van der Waals surface area contributed by atoms with E-state index in [0.717, 1.165) is 24.6 Å². The lowest BCUT2D eigenvalue weighted by Crippen LogP contribution is -2.17. The van der Waals surface area contributed by atoms with Crippen LogP contribution in [0.15, 0.2) is 18.5 Å². The van der Waals surface area contributed by atoms with Crippen molar-refractivity contribution >= 4 is 5.78 Å². The zero-order valence-electron chi connectivity index (χ0n) is 7.38. The molecule has 0 aliphatic heterocycles. The molecule has 0 N–H and O–H groups in total. The third-order valence-corrected chi connectivity index (χ3v) is 2.68. The molecule has 2 rings (SSSR count). The van der Waals surface area contributed by atoms with E-state index in [9.17, 15) is 9.18 Å². The van der Waals surface area contributed by atoms with Crippen LogP contribution in [-0.4, -0.2) is 10.8 Å². The van der Waals surface area contributed by atoms with E-state index in [2.05, 4.69) is 4.98 Å². The fourth-order valence-electron chi connectivity index (χ4n) is 1.64. The van der Waals surface area contributed by atoms with Crippen LogP contribution in [0, 0.1) is 5.82 Å². The molecule has 1 aromatic heterocycles. The minimum atomic E-state index is -0.408. The summed E-state index contributed by atoms with van der Waals surface area (Å²) in [4.78, 5) is 15.0. The third-order valence-electron chi connectivity index (χ3n) is 2.68. The Morgan fingerprint density at radius 2 is 2.23 bits per heavy atom. The number of hydrogen-bond acceptors (Lipinski definition) is 2. The van der Waals surface area contributed by atoms with E-state index in [4.69, 9.17) is 0 Å². The summed E-state index contributed by atoms with van der Waals surface area (Å²) in [5.41, 5.74) is 0.315. The van der Waals surface area contributed by atoms with Crippen LogP contribution >= 0.6 is 0 Å². The van der Waals surface area contributed by atoms with Gasteiger partial charge in [-0.1, -0.05) is 0 Å². The van der Waals surface area contributed by atoms with E-state index in [1.165, 1.54) is 6.07 Å². The molecule has 2 nitrogen and oxygen atoms in total. The van der Waals surface area contributed by atoms with Gasteiger partial charge in [0, 0.05) is 6.20 Å². The first-order valence-corrected chi connectivity index (χ1v) is 4.27. The first kappa shape index (κ1) is 8.35. The Kier molecular flexibility index (Phi) is 1.68. The number of carbonyl (C=O) groups excluding carboxylic acids is 1. The molecule has 1 fully saturated rings. The SMILES string of the molecule is CC(=O)C1(c2cncc(F)c2)CC1. The average molecular weight is 179 g/mol. The Morgan fingerprint density at radius 1 is 1.54 bits per heavy atom. The zero-order chi connectivity index (χ0) is 9.47. The Balaban J connectivity index is 2.41. The third kappa shape index (κ3) is 1.24. The van der Waals surface area contributed by atoms with Crippen molar-refractivity contribution in [3.05, 3.63) is 29.8 Å². The van der Waals surface area contributed by atoms with Gasteiger partial charge in [0.2, 0.25) is 0 Å². The van der Waals surface area contributed by atoms with Crippen molar-refractivity contribution in [1.82, 2.24) is 4.98 Å². The van der Waals surface area contributed by atoms with E-state index in [1.54, 1.807) is 13.1 Å². The molecule has 1 heterocycles. The highest BCUT2D eigenvalue weighted by Gasteiger charge is 2.49. The molecule has 0 aromatic carbocycles. The maximum atomic E-state index is 12.8. The molecule has 0 saturated heterocycles. The standard InChI is InChI=1S/C10H10FNO/c1-7(13)10(2-3-10)8-4-9(11)6-12-5-8/h4-6H,2-3H2,1H3. The molecule has 0 atom stereocenters. The molecule has 13 heavy (non-hydrogen) atoms. The number of Topliss-reactive ketones (excluding diaryl/α,β-unsaturated/α-hetero) is 1. The Hall–Kier alpha value is -1.25. The molecule has 1 aliphatic rings. The Morgan fingerprint density at radius 3 is 2.69 bits per heavy atom. The second-order valence-corrected chi connectivity index (χ2v) is 3.53. The molecule has 0 amide bonds. The lowest BCUT2D eigenvalue weighted by molar-refractivity contribution is -0.119. The van der Waals surface area contributed by atoms with Gasteiger partial charge in [0.15, 0.2) is 0 Å². The fraction of sp³-hybridized carbons (Fsp3) is 0.400.